The van der Waals surface area contributed by atoms with Crippen LogP contribution in [0.25, 0.3) is 0 Å². The van der Waals surface area contributed by atoms with Crippen LogP contribution in [-0.4, -0.2) is 51.2 Å². The van der Waals surface area contributed by atoms with E-state index in [9.17, 15) is 4.57 Å². The van der Waals surface area contributed by atoms with Gasteiger partial charge in [0.2, 0.25) is 0 Å². The summed E-state index contributed by atoms with van der Waals surface area (Å²) in [4.78, 5) is 4.18. The van der Waals surface area contributed by atoms with Crippen molar-refractivity contribution >= 4 is 12.9 Å². The van der Waals surface area contributed by atoms with E-state index < -0.39 is 7.60 Å². The molecule has 0 bridgehead atoms. The van der Waals surface area contributed by atoms with E-state index in [0.29, 0.717) is 18.5 Å². The first-order chi connectivity index (χ1) is 10.3. The normalized spacial score (nSPS) is 12.4. The van der Waals surface area contributed by atoms with Gasteiger partial charge >= 0.3 is 7.60 Å². The van der Waals surface area contributed by atoms with E-state index in [1.54, 1.807) is 0 Å². The molecule has 126 valence electrons. The average molecular weight is 328 g/mol. The molecule has 0 atom stereocenters. The van der Waals surface area contributed by atoms with Crippen molar-refractivity contribution in [1.29, 1.82) is 0 Å². The fourth-order valence-corrected chi connectivity index (χ4v) is 4.04. The SMILES string of the molecule is CCOP(=O)(OCC)c1cc(CN(C)C)cc(CN(C)C)c1. The summed E-state index contributed by atoms with van der Waals surface area (Å²) >= 11 is 0. The van der Waals surface area contributed by atoms with Crippen molar-refractivity contribution in [2.45, 2.75) is 26.9 Å². The Morgan fingerprint density at radius 2 is 1.27 bits per heavy atom. The molecule has 0 N–H and O–H groups in total. The van der Waals surface area contributed by atoms with Gasteiger partial charge in [-0.25, -0.2) is 0 Å². The zero-order valence-corrected chi connectivity index (χ0v) is 15.5. The van der Waals surface area contributed by atoms with E-state index in [0.717, 1.165) is 24.2 Å². The number of hydrogen-bond donors (Lipinski definition) is 0. The first-order valence-corrected chi connectivity index (χ1v) is 9.17. The molecule has 0 saturated carbocycles. The molecule has 1 aromatic rings. The second-order valence-corrected chi connectivity index (χ2v) is 7.84. The predicted molar refractivity (Wildman–Crippen MR) is 91.7 cm³/mol. The number of hydrogen-bond acceptors (Lipinski definition) is 5. The Labute approximate surface area is 134 Å². The van der Waals surface area contributed by atoms with E-state index in [1.807, 2.05) is 54.2 Å². The van der Waals surface area contributed by atoms with Gasteiger partial charge in [-0.2, -0.15) is 0 Å². The molecule has 0 saturated heterocycles. The molecule has 0 unspecified atom stereocenters. The van der Waals surface area contributed by atoms with Crippen LogP contribution in [0.15, 0.2) is 18.2 Å². The van der Waals surface area contributed by atoms with Gasteiger partial charge in [0.15, 0.2) is 0 Å². The summed E-state index contributed by atoms with van der Waals surface area (Å²) in [6.07, 6.45) is 0. The molecular formula is C16H29N2O3P. The lowest BCUT2D eigenvalue weighted by molar-refractivity contribution is 0.230. The second-order valence-electron chi connectivity index (χ2n) is 5.82. The maximum atomic E-state index is 13.0. The van der Waals surface area contributed by atoms with Crippen LogP contribution in [0.3, 0.4) is 0 Å². The molecule has 0 fully saturated rings. The Hall–Kier alpha value is -0.710. The van der Waals surface area contributed by atoms with E-state index >= 15 is 0 Å². The molecule has 0 amide bonds. The number of nitrogens with zero attached hydrogens (tertiary/aromatic N) is 2. The topological polar surface area (TPSA) is 42.0 Å². The molecule has 0 aliphatic heterocycles. The highest BCUT2D eigenvalue weighted by Crippen LogP contribution is 2.47. The van der Waals surface area contributed by atoms with Crippen molar-refractivity contribution in [3.63, 3.8) is 0 Å². The lowest BCUT2D eigenvalue weighted by atomic mass is 10.1. The third kappa shape index (κ3) is 5.82. The van der Waals surface area contributed by atoms with Crippen LogP contribution in [0.5, 0.6) is 0 Å². The number of rotatable bonds is 9. The van der Waals surface area contributed by atoms with Crippen LogP contribution in [0.4, 0.5) is 0 Å². The van der Waals surface area contributed by atoms with Crippen molar-refractivity contribution in [3.05, 3.63) is 29.3 Å². The maximum Gasteiger partial charge on any atom is 0.361 e. The molecule has 1 aromatic carbocycles. The molecule has 0 aliphatic carbocycles. The Morgan fingerprint density at radius 3 is 1.59 bits per heavy atom. The van der Waals surface area contributed by atoms with Crippen LogP contribution in [0, 0.1) is 0 Å². The molecular weight excluding hydrogens is 299 g/mol. The average Bonchev–Trinajstić information content (AvgIpc) is 2.37. The third-order valence-corrected chi connectivity index (χ3v) is 5.04. The first-order valence-electron chi connectivity index (χ1n) is 7.62. The summed E-state index contributed by atoms with van der Waals surface area (Å²) < 4.78 is 24.0. The Kier molecular flexibility index (Phi) is 7.74. The van der Waals surface area contributed by atoms with Crippen molar-refractivity contribution in [2.75, 3.05) is 41.4 Å². The molecule has 6 heteroatoms. The molecule has 5 nitrogen and oxygen atoms in total. The van der Waals surface area contributed by atoms with Crippen molar-refractivity contribution in [1.82, 2.24) is 9.80 Å². The van der Waals surface area contributed by atoms with Gasteiger partial charge in [-0.15, -0.1) is 0 Å². The molecule has 1 rings (SSSR count). The molecule has 0 heterocycles. The van der Waals surface area contributed by atoms with Crippen molar-refractivity contribution < 1.29 is 13.6 Å². The highest BCUT2D eigenvalue weighted by molar-refractivity contribution is 7.62. The number of benzene rings is 1. The maximum absolute atomic E-state index is 13.0. The zero-order chi connectivity index (χ0) is 16.8. The van der Waals surface area contributed by atoms with Gasteiger partial charge in [0.25, 0.3) is 0 Å². The molecule has 22 heavy (non-hydrogen) atoms. The van der Waals surface area contributed by atoms with Gasteiger partial charge in [0.1, 0.15) is 0 Å². The smallest absolute Gasteiger partial charge is 0.305 e. The summed E-state index contributed by atoms with van der Waals surface area (Å²) in [5.74, 6) is 0. The molecule has 0 aromatic heterocycles. The van der Waals surface area contributed by atoms with E-state index in [1.165, 1.54) is 0 Å². The summed E-state index contributed by atoms with van der Waals surface area (Å²) in [7, 11) is 4.82. The lowest BCUT2D eigenvalue weighted by Crippen LogP contribution is -2.18. The highest BCUT2D eigenvalue weighted by Gasteiger charge is 2.27. The molecule has 0 aliphatic rings. The highest BCUT2D eigenvalue weighted by atomic mass is 31.2. The monoisotopic (exact) mass is 328 g/mol. The second kappa shape index (κ2) is 8.80. The molecule has 0 spiro atoms. The minimum Gasteiger partial charge on any atom is -0.305 e. The van der Waals surface area contributed by atoms with Crippen molar-refractivity contribution in [2.24, 2.45) is 0 Å². The Morgan fingerprint density at radius 1 is 0.864 bits per heavy atom. The Bertz CT molecular complexity index is 480. The van der Waals surface area contributed by atoms with Gasteiger partial charge < -0.3 is 18.8 Å². The summed E-state index contributed by atoms with van der Waals surface area (Å²) in [5.41, 5.74) is 2.22. The fourth-order valence-electron chi connectivity index (χ4n) is 2.34. The Balaban J connectivity index is 3.27. The lowest BCUT2D eigenvalue weighted by Gasteiger charge is -2.21. The van der Waals surface area contributed by atoms with Crippen LogP contribution < -0.4 is 5.30 Å². The van der Waals surface area contributed by atoms with Gasteiger partial charge in [-0.05, 0) is 65.3 Å². The van der Waals surface area contributed by atoms with Gasteiger partial charge in [0, 0.05) is 13.1 Å². The standard InChI is InChI=1S/C16H29N2O3P/c1-7-20-22(19,21-8-2)16-10-14(12-17(3)4)9-15(11-16)13-18(5)6/h9-11H,7-8,12-13H2,1-6H3. The van der Waals surface area contributed by atoms with Crippen LogP contribution in [-0.2, 0) is 26.7 Å². The fraction of sp³-hybridized carbons (Fsp3) is 0.625. The minimum atomic E-state index is -3.25. The van der Waals surface area contributed by atoms with Crippen LogP contribution in [0.2, 0.25) is 0 Å². The predicted octanol–water partition coefficient (Wildman–Crippen LogP) is 2.70. The third-order valence-electron chi connectivity index (χ3n) is 2.95. The van der Waals surface area contributed by atoms with Crippen LogP contribution in [0.1, 0.15) is 25.0 Å². The van der Waals surface area contributed by atoms with Crippen molar-refractivity contribution in [3.8, 4) is 0 Å². The summed E-state index contributed by atoms with van der Waals surface area (Å²) in [6.45, 7) is 5.95. The molecule has 0 radical (unpaired) electrons. The van der Waals surface area contributed by atoms with E-state index in [-0.39, 0.29) is 0 Å². The largest absolute Gasteiger partial charge is 0.361 e. The summed E-state index contributed by atoms with van der Waals surface area (Å²) in [5, 5.41) is 0.646. The first kappa shape index (κ1) is 19.3. The van der Waals surface area contributed by atoms with Gasteiger partial charge in [-0.1, -0.05) is 6.07 Å². The minimum absolute atomic E-state index is 0.359. The summed E-state index contributed by atoms with van der Waals surface area (Å²) in [6, 6.07) is 6.02. The van der Waals surface area contributed by atoms with E-state index in [2.05, 4.69) is 15.9 Å². The van der Waals surface area contributed by atoms with Crippen LogP contribution >= 0.6 is 7.60 Å². The zero-order valence-electron chi connectivity index (χ0n) is 14.6. The van der Waals surface area contributed by atoms with Gasteiger partial charge in [-0.3, -0.25) is 4.57 Å². The van der Waals surface area contributed by atoms with E-state index in [4.69, 9.17) is 9.05 Å². The quantitative estimate of drug-likeness (QED) is 0.652. The van der Waals surface area contributed by atoms with Gasteiger partial charge in [0.05, 0.1) is 18.5 Å².